The smallest absolute Gasteiger partial charge is 0.404 e. The molecule has 2 unspecified atom stereocenters. The topological polar surface area (TPSA) is 72.6 Å². The summed E-state index contributed by atoms with van der Waals surface area (Å²) in [7, 11) is 0. The Morgan fingerprint density at radius 2 is 1.87 bits per heavy atom. The monoisotopic (exact) mass is 211 g/mol. The minimum atomic E-state index is -0.667. The van der Waals surface area contributed by atoms with Crippen LogP contribution < -0.4 is 5.73 Å². The van der Waals surface area contributed by atoms with E-state index in [9.17, 15) is 9.90 Å². The lowest BCUT2D eigenvalue weighted by Gasteiger charge is -2.57. The van der Waals surface area contributed by atoms with Crippen molar-refractivity contribution in [1.29, 1.82) is 0 Å². The second kappa shape index (κ2) is 2.88. The number of ether oxygens (including phenoxy) is 1. The lowest BCUT2D eigenvalue weighted by molar-refractivity contribution is -0.175. The highest BCUT2D eigenvalue weighted by atomic mass is 16.6. The quantitative estimate of drug-likeness (QED) is 0.680. The van der Waals surface area contributed by atoms with Gasteiger partial charge in [-0.1, -0.05) is 0 Å². The van der Waals surface area contributed by atoms with Crippen LogP contribution in [0, 0.1) is 17.8 Å². The van der Waals surface area contributed by atoms with E-state index in [-0.39, 0.29) is 6.10 Å². The summed E-state index contributed by atoms with van der Waals surface area (Å²) in [6, 6.07) is 0. The molecule has 4 nitrogen and oxygen atoms in total. The summed E-state index contributed by atoms with van der Waals surface area (Å²) in [4.78, 5) is 10.8. The van der Waals surface area contributed by atoms with Gasteiger partial charge in [-0.15, -0.1) is 0 Å². The fourth-order valence-corrected chi connectivity index (χ4v) is 4.26. The third-order valence-corrected chi connectivity index (χ3v) is 4.41. The lowest BCUT2D eigenvalue weighted by atomic mass is 9.53. The van der Waals surface area contributed by atoms with Gasteiger partial charge in [0.1, 0.15) is 6.10 Å². The third kappa shape index (κ3) is 1.42. The molecule has 4 aliphatic rings. The molecule has 0 aliphatic heterocycles. The predicted octanol–water partition coefficient (Wildman–Crippen LogP) is 1.02. The fourth-order valence-electron chi connectivity index (χ4n) is 4.26. The fraction of sp³-hybridized carbons (Fsp3) is 0.909. The van der Waals surface area contributed by atoms with E-state index in [1.165, 1.54) is 0 Å². The molecule has 4 rings (SSSR count). The lowest BCUT2D eigenvalue weighted by Crippen LogP contribution is -2.58. The van der Waals surface area contributed by atoms with Crippen LogP contribution in [0.3, 0.4) is 0 Å². The van der Waals surface area contributed by atoms with E-state index in [0.717, 1.165) is 32.1 Å². The van der Waals surface area contributed by atoms with E-state index < -0.39 is 11.7 Å². The standard InChI is InChI=1S/C11H17NO3/c12-10(13)15-9-7-1-6-2-8(9)5-11(14,3-6)4-7/h6-9,14H,1-5H2,(H2,12,13). The first-order valence-electron chi connectivity index (χ1n) is 5.74. The summed E-state index contributed by atoms with van der Waals surface area (Å²) < 4.78 is 5.20. The van der Waals surface area contributed by atoms with Crippen LogP contribution in [0.2, 0.25) is 0 Å². The Morgan fingerprint density at radius 1 is 1.27 bits per heavy atom. The molecule has 0 aromatic carbocycles. The molecule has 84 valence electrons. The maximum atomic E-state index is 10.8. The first-order valence-corrected chi connectivity index (χ1v) is 5.74. The van der Waals surface area contributed by atoms with Crippen molar-refractivity contribution in [3.05, 3.63) is 0 Å². The highest BCUT2D eigenvalue weighted by molar-refractivity contribution is 5.64. The van der Waals surface area contributed by atoms with Crippen LogP contribution in [0.4, 0.5) is 4.79 Å². The van der Waals surface area contributed by atoms with Crippen molar-refractivity contribution < 1.29 is 14.6 Å². The molecule has 0 spiro atoms. The van der Waals surface area contributed by atoms with Gasteiger partial charge in [-0.25, -0.2) is 4.79 Å². The molecule has 4 heteroatoms. The first kappa shape index (κ1) is 9.46. The number of aliphatic hydroxyl groups is 1. The van der Waals surface area contributed by atoms with Crippen LogP contribution in [0.25, 0.3) is 0 Å². The van der Waals surface area contributed by atoms with E-state index in [1.807, 2.05) is 0 Å². The number of nitrogens with two attached hydrogens (primary N) is 1. The first-order chi connectivity index (χ1) is 7.06. The molecule has 4 fully saturated rings. The summed E-state index contributed by atoms with van der Waals surface area (Å²) in [6.07, 6.45) is 4.02. The van der Waals surface area contributed by atoms with Gasteiger partial charge in [0, 0.05) is 0 Å². The van der Waals surface area contributed by atoms with Crippen molar-refractivity contribution in [3.63, 3.8) is 0 Å². The molecular formula is C11H17NO3. The summed E-state index contributed by atoms with van der Waals surface area (Å²) in [5.41, 5.74) is 4.62. The van der Waals surface area contributed by atoms with Crippen LogP contribution in [0.1, 0.15) is 32.1 Å². The highest BCUT2D eigenvalue weighted by Crippen LogP contribution is 2.56. The Bertz CT molecular complexity index is 288. The zero-order valence-corrected chi connectivity index (χ0v) is 8.69. The molecule has 0 aromatic heterocycles. The van der Waals surface area contributed by atoms with Gasteiger partial charge in [0.15, 0.2) is 0 Å². The van der Waals surface area contributed by atoms with E-state index in [2.05, 4.69) is 0 Å². The molecule has 2 atom stereocenters. The number of hydrogen-bond donors (Lipinski definition) is 2. The van der Waals surface area contributed by atoms with Gasteiger partial charge in [0.05, 0.1) is 5.60 Å². The Morgan fingerprint density at radius 3 is 2.33 bits per heavy atom. The second-order valence-electron chi connectivity index (χ2n) is 5.60. The minimum absolute atomic E-state index is 0.0284. The van der Waals surface area contributed by atoms with Gasteiger partial charge in [0.25, 0.3) is 0 Å². The molecule has 4 bridgehead atoms. The van der Waals surface area contributed by atoms with Crippen LogP contribution in [-0.2, 0) is 4.74 Å². The molecule has 0 radical (unpaired) electrons. The molecule has 0 heterocycles. The SMILES string of the molecule is NC(=O)OC1C2CC3CC1CC(O)(C3)C2. The average molecular weight is 211 g/mol. The Balaban J connectivity index is 1.82. The number of carbonyl (C=O) groups excluding carboxylic acids is 1. The molecule has 3 N–H and O–H groups in total. The van der Waals surface area contributed by atoms with Gasteiger partial charge < -0.3 is 15.6 Å². The van der Waals surface area contributed by atoms with Crippen molar-refractivity contribution >= 4 is 6.09 Å². The van der Waals surface area contributed by atoms with Crippen molar-refractivity contribution in [3.8, 4) is 0 Å². The molecule has 1 amide bonds. The zero-order chi connectivity index (χ0) is 10.6. The van der Waals surface area contributed by atoms with Crippen LogP contribution >= 0.6 is 0 Å². The highest BCUT2D eigenvalue weighted by Gasteiger charge is 2.55. The Hall–Kier alpha value is -0.770. The maximum Gasteiger partial charge on any atom is 0.404 e. The van der Waals surface area contributed by atoms with Gasteiger partial charge in [-0.05, 0) is 49.9 Å². The van der Waals surface area contributed by atoms with E-state index in [1.54, 1.807) is 0 Å². The van der Waals surface area contributed by atoms with E-state index in [0.29, 0.717) is 17.8 Å². The zero-order valence-electron chi connectivity index (χ0n) is 8.69. The molecule has 15 heavy (non-hydrogen) atoms. The number of hydrogen-bond acceptors (Lipinski definition) is 3. The summed E-state index contributed by atoms with van der Waals surface area (Å²) in [5, 5.41) is 10.3. The van der Waals surface area contributed by atoms with E-state index in [4.69, 9.17) is 10.5 Å². The number of amides is 1. The van der Waals surface area contributed by atoms with Crippen molar-refractivity contribution in [2.45, 2.75) is 43.8 Å². The normalized spacial score (nSPS) is 51.8. The number of carbonyl (C=O) groups is 1. The van der Waals surface area contributed by atoms with Crippen LogP contribution in [-0.4, -0.2) is 22.9 Å². The number of primary amides is 1. The maximum absolute atomic E-state index is 10.8. The summed E-state index contributed by atoms with van der Waals surface area (Å²) in [5.74, 6) is 1.32. The van der Waals surface area contributed by atoms with Gasteiger partial charge in [-0.2, -0.15) is 0 Å². The predicted molar refractivity (Wildman–Crippen MR) is 53.0 cm³/mol. The molecule has 0 aromatic rings. The van der Waals surface area contributed by atoms with Crippen LogP contribution in [0.15, 0.2) is 0 Å². The van der Waals surface area contributed by atoms with Crippen molar-refractivity contribution in [2.75, 3.05) is 0 Å². The summed E-state index contributed by atoms with van der Waals surface area (Å²) >= 11 is 0. The largest absolute Gasteiger partial charge is 0.446 e. The molecule has 4 aliphatic carbocycles. The molecule has 0 saturated heterocycles. The minimum Gasteiger partial charge on any atom is -0.446 e. The van der Waals surface area contributed by atoms with Crippen molar-refractivity contribution in [2.24, 2.45) is 23.5 Å². The Kier molecular flexibility index (Phi) is 1.81. The average Bonchev–Trinajstić information content (AvgIpc) is 2.08. The van der Waals surface area contributed by atoms with Crippen LogP contribution in [0.5, 0.6) is 0 Å². The van der Waals surface area contributed by atoms with Gasteiger partial charge >= 0.3 is 6.09 Å². The van der Waals surface area contributed by atoms with Gasteiger partial charge in [-0.3, -0.25) is 0 Å². The third-order valence-electron chi connectivity index (χ3n) is 4.41. The van der Waals surface area contributed by atoms with Gasteiger partial charge in [0.2, 0.25) is 0 Å². The van der Waals surface area contributed by atoms with E-state index >= 15 is 0 Å². The molecular weight excluding hydrogens is 194 g/mol. The number of rotatable bonds is 1. The Labute approximate surface area is 88.8 Å². The second-order valence-corrected chi connectivity index (χ2v) is 5.60. The van der Waals surface area contributed by atoms with Crippen molar-refractivity contribution in [1.82, 2.24) is 0 Å². The summed E-state index contributed by atoms with van der Waals surface area (Å²) in [6.45, 7) is 0. The molecule has 4 saturated carbocycles.